The van der Waals surface area contributed by atoms with Crippen LogP contribution in [0.2, 0.25) is 0 Å². The molecule has 194 valence electrons. The van der Waals surface area contributed by atoms with Crippen molar-refractivity contribution < 1.29 is 29.0 Å². The fraction of sp³-hybridized carbons (Fsp3) is 0.172. The van der Waals surface area contributed by atoms with Gasteiger partial charge in [-0.1, -0.05) is 54.9 Å². The maximum Gasteiger partial charge on any atom is 0.338 e. The van der Waals surface area contributed by atoms with Crippen molar-refractivity contribution in [1.29, 1.82) is 0 Å². The average molecular weight is 530 g/mol. The van der Waals surface area contributed by atoms with E-state index in [-0.39, 0.29) is 16.2 Å². The van der Waals surface area contributed by atoms with Gasteiger partial charge in [0.2, 0.25) is 0 Å². The Morgan fingerprint density at radius 3 is 2.13 bits per heavy atom. The van der Waals surface area contributed by atoms with Crippen LogP contribution in [0.1, 0.15) is 46.0 Å². The zero-order valence-corrected chi connectivity index (χ0v) is 21.7. The first-order valence-electron chi connectivity index (χ1n) is 12.0. The number of esters is 1. The minimum absolute atomic E-state index is 0.0115. The van der Waals surface area contributed by atoms with E-state index in [4.69, 9.17) is 4.74 Å². The first kappa shape index (κ1) is 26.7. The zero-order chi connectivity index (χ0) is 27.2. The number of amides is 2. The van der Waals surface area contributed by atoms with E-state index in [2.05, 4.69) is 5.32 Å². The summed E-state index contributed by atoms with van der Waals surface area (Å²) < 4.78 is 5.23. The molecule has 0 fully saturated rings. The van der Waals surface area contributed by atoms with Crippen molar-refractivity contribution in [2.45, 2.75) is 31.6 Å². The van der Waals surface area contributed by atoms with E-state index in [1.54, 1.807) is 0 Å². The molecule has 0 radical (unpaired) electrons. The molecule has 1 aliphatic heterocycles. The van der Waals surface area contributed by atoms with E-state index in [1.165, 1.54) is 48.5 Å². The highest BCUT2D eigenvalue weighted by Crippen LogP contribution is 2.38. The smallest absolute Gasteiger partial charge is 0.338 e. The second kappa shape index (κ2) is 11.8. The van der Waals surface area contributed by atoms with Crippen LogP contribution in [0.25, 0.3) is 0 Å². The Morgan fingerprint density at radius 1 is 0.895 bits per heavy atom. The van der Waals surface area contributed by atoms with Gasteiger partial charge >= 0.3 is 5.97 Å². The molecule has 0 atom stereocenters. The number of rotatable bonds is 10. The number of benzene rings is 3. The van der Waals surface area contributed by atoms with Gasteiger partial charge in [-0.25, -0.2) is 9.69 Å². The number of carboxylic acid groups (broad SMARTS) is 1. The number of aryl methyl sites for hydroxylation is 1. The summed E-state index contributed by atoms with van der Waals surface area (Å²) in [6, 6.07) is 19.3. The summed E-state index contributed by atoms with van der Waals surface area (Å²) in [6.07, 6.45) is 1.66. The molecule has 4 rings (SSSR count). The summed E-state index contributed by atoms with van der Waals surface area (Å²) >= 11 is 1.15. The quantitative estimate of drug-likeness (QED) is 0.235. The van der Waals surface area contributed by atoms with Crippen molar-refractivity contribution in [3.05, 3.63) is 100 Å². The van der Waals surface area contributed by atoms with Crippen LogP contribution in [0, 0.1) is 6.92 Å². The summed E-state index contributed by atoms with van der Waals surface area (Å²) in [6.45, 7) is 4.27. The number of imide groups is 1. The zero-order valence-electron chi connectivity index (χ0n) is 20.9. The average Bonchev–Trinajstić information content (AvgIpc) is 3.14. The molecule has 3 aromatic carbocycles. The molecule has 0 aromatic heterocycles. The highest BCUT2D eigenvalue weighted by molar-refractivity contribution is 8.04. The molecule has 0 bridgehead atoms. The van der Waals surface area contributed by atoms with Crippen molar-refractivity contribution >= 4 is 46.9 Å². The third-order valence-corrected chi connectivity index (χ3v) is 6.86. The maximum atomic E-state index is 13.5. The van der Waals surface area contributed by atoms with Gasteiger partial charge in [0, 0.05) is 10.6 Å². The minimum atomic E-state index is -1.32. The van der Waals surface area contributed by atoms with E-state index in [0.29, 0.717) is 23.5 Å². The lowest BCUT2D eigenvalue weighted by molar-refractivity contribution is -0.255. The Balaban J connectivity index is 1.62. The van der Waals surface area contributed by atoms with Crippen molar-refractivity contribution in [1.82, 2.24) is 0 Å². The molecule has 1 aliphatic rings. The highest BCUT2D eigenvalue weighted by Gasteiger charge is 2.40. The normalized spacial score (nSPS) is 13.2. The predicted octanol–water partition coefficient (Wildman–Crippen LogP) is 4.30. The summed E-state index contributed by atoms with van der Waals surface area (Å²) in [7, 11) is 0. The lowest BCUT2D eigenvalue weighted by atomic mass is 10.2. The molecule has 1 heterocycles. The van der Waals surface area contributed by atoms with Gasteiger partial charge in [0.05, 0.1) is 23.8 Å². The molecule has 8 nitrogen and oxygen atoms in total. The first-order valence-corrected chi connectivity index (χ1v) is 12.8. The summed E-state index contributed by atoms with van der Waals surface area (Å²) in [4.78, 5) is 52.4. The lowest BCUT2D eigenvalue weighted by Crippen LogP contribution is -2.32. The van der Waals surface area contributed by atoms with Gasteiger partial charge in [0.1, 0.15) is 10.6 Å². The number of ether oxygens (including phenoxy) is 1. The Labute approximate surface area is 224 Å². The number of thioether (sulfide) groups is 1. The molecule has 9 heteroatoms. The number of aromatic carboxylic acids is 1. The Hall–Kier alpha value is -4.37. The standard InChI is InChI=1S/C29H26N2O6S/c1-3-4-17-37-29(36)20-9-13-22(14-10-20)31-26(32)24(30-21-11-7-19(8-12-21)28(34)35)25(27(31)33)38-23-15-5-18(2)6-16-23/h5-16,30H,3-4,17H2,1-2H3,(H,34,35)/p-1. The van der Waals surface area contributed by atoms with Crippen LogP contribution in [0.3, 0.4) is 0 Å². The van der Waals surface area contributed by atoms with Crippen LogP contribution >= 0.6 is 11.8 Å². The van der Waals surface area contributed by atoms with Crippen LogP contribution in [0.5, 0.6) is 0 Å². The van der Waals surface area contributed by atoms with Gasteiger partial charge < -0.3 is 20.0 Å². The number of nitrogens with one attached hydrogen (secondary N) is 1. The van der Waals surface area contributed by atoms with Crippen molar-refractivity contribution in [2.75, 3.05) is 16.8 Å². The molecule has 0 saturated carbocycles. The summed E-state index contributed by atoms with van der Waals surface area (Å²) in [5, 5.41) is 14.1. The predicted molar refractivity (Wildman–Crippen MR) is 143 cm³/mol. The van der Waals surface area contributed by atoms with Gasteiger partial charge in [-0.2, -0.15) is 0 Å². The highest BCUT2D eigenvalue weighted by atomic mass is 32.2. The molecule has 2 amide bonds. The van der Waals surface area contributed by atoms with Crippen molar-refractivity contribution in [2.24, 2.45) is 0 Å². The van der Waals surface area contributed by atoms with Crippen LogP contribution in [0.4, 0.5) is 11.4 Å². The second-order valence-electron chi connectivity index (χ2n) is 8.59. The van der Waals surface area contributed by atoms with Gasteiger partial charge in [0.25, 0.3) is 11.8 Å². The number of hydrogen-bond acceptors (Lipinski definition) is 8. The Morgan fingerprint density at radius 2 is 1.53 bits per heavy atom. The van der Waals surface area contributed by atoms with Gasteiger partial charge in [0.15, 0.2) is 0 Å². The molecule has 0 saturated heterocycles. The van der Waals surface area contributed by atoms with E-state index in [1.807, 2.05) is 38.1 Å². The Bertz CT molecular complexity index is 1400. The number of unbranched alkanes of at least 4 members (excludes halogenated alkanes) is 1. The first-order chi connectivity index (χ1) is 18.3. The molecule has 3 aromatic rings. The molecule has 1 N–H and O–H groups in total. The topological polar surface area (TPSA) is 116 Å². The summed E-state index contributed by atoms with van der Waals surface area (Å²) in [5.41, 5.74) is 2.15. The lowest BCUT2D eigenvalue weighted by Gasteiger charge is -2.16. The van der Waals surface area contributed by atoms with Crippen molar-refractivity contribution in [3.8, 4) is 0 Å². The maximum absolute atomic E-state index is 13.5. The van der Waals surface area contributed by atoms with E-state index < -0.39 is 23.8 Å². The van der Waals surface area contributed by atoms with Gasteiger partial charge in [-0.05, 0) is 67.4 Å². The minimum Gasteiger partial charge on any atom is -0.545 e. The molecular weight excluding hydrogens is 504 g/mol. The summed E-state index contributed by atoms with van der Waals surface area (Å²) in [5.74, 6) is -2.89. The van der Waals surface area contributed by atoms with Gasteiger partial charge in [-0.3, -0.25) is 9.59 Å². The van der Waals surface area contributed by atoms with Crippen LogP contribution in [-0.2, 0) is 14.3 Å². The molecular formula is C29H25N2O6S-. The van der Waals surface area contributed by atoms with Crippen molar-refractivity contribution in [3.63, 3.8) is 0 Å². The SMILES string of the molecule is CCCCOC(=O)c1ccc(N2C(=O)C(Nc3ccc(C(=O)[O-])cc3)=C(Sc3ccc(C)cc3)C2=O)cc1. The monoisotopic (exact) mass is 529 g/mol. The number of carboxylic acids is 1. The van der Waals surface area contributed by atoms with Crippen LogP contribution < -0.4 is 15.3 Å². The molecule has 0 spiro atoms. The number of carbonyl (C=O) groups is 4. The molecule has 38 heavy (non-hydrogen) atoms. The third kappa shape index (κ3) is 5.95. The Kier molecular flexibility index (Phi) is 8.28. The van der Waals surface area contributed by atoms with Crippen LogP contribution in [0.15, 0.2) is 88.3 Å². The van der Waals surface area contributed by atoms with E-state index >= 15 is 0 Å². The number of anilines is 2. The van der Waals surface area contributed by atoms with E-state index in [9.17, 15) is 24.3 Å². The molecule has 0 aliphatic carbocycles. The fourth-order valence-electron chi connectivity index (χ4n) is 3.65. The third-order valence-electron chi connectivity index (χ3n) is 5.76. The number of nitrogens with zero attached hydrogens (tertiary/aromatic N) is 1. The van der Waals surface area contributed by atoms with Gasteiger partial charge in [-0.15, -0.1) is 0 Å². The number of hydrogen-bond donors (Lipinski definition) is 1. The largest absolute Gasteiger partial charge is 0.545 e. The number of carbonyl (C=O) groups excluding carboxylic acids is 4. The second-order valence-corrected chi connectivity index (χ2v) is 9.67. The van der Waals surface area contributed by atoms with Crippen LogP contribution in [-0.4, -0.2) is 30.4 Å². The molecule has 0 unspecified atom stereocenters. The van der Waals surface area contributed by atoms with E-state index in [0.717, 1.165) is 40.0 Å². The fourth-order valence-corrected chi connectivity index (χ4v) is 4.57.